The van der Waals surface area contributed by atoms with Gasteiger partial charge in [-0.25, -0.2) is 48.4 Å². The van der Waals surface area contributed by atoms with E-state index in [4.69, 9.17) is 179 Å². The van der Waals surface area contributed by atoms with Crippen LogP contribution in [0.2, 0.25) is 0 Å². The van der Waals surface area contributed by atoms with Crippen molar-refractivity contribution in [2.75, 3.05) is 158 Å². The largest absolute Gasteiger partial charge is 0.472 e. The summed E-state index contributed by atoms with van der Waals surface area (Å²) in [5.74, 6) is -0.756. The summed E-state index contributed by atoms with van der Waals surface area (Å²) in [6, 6.07) is 0. The first-order valence-corrected chi connectivity index (χ1v) is 56.7. The average molecular weight is 2250 g/mol. The Morgan fingerprint density at radius 3 is 1.26 bits per heavy atom. The molecule has 28 atom stereocenters. The number of aryl methyl sites for hydroxylation is 3. The average Bonchev–Trinajstić information content (AvgIpc) is 1.60. The van der Waals surface area contributed by atoms with Crippen LogP contribution in [0.1, 0.15) is 73.8 Å². The van der Waals surface area contributed by atoms with E-state index in [2.05, 4.69) is 72.1 Å². The van der Waals surface area contributed by atoms with Crippen molar-refractivity contribution in [1.29, 1.82) is 0 Å². The van der Waals surface area contributed by atoms with Crippen molar-refractivity contribution in [1.82, 2.24) is 87.2 Å². The first kappa shape index (κ1) is 113. The number of nitrogens with zero attached hydrogens (tertiary/aromatic N) is 14. The van der Waals surface area contributed by atoms with Crippen LogP contribution in [0.5, 0.6) is 0 Å². The van der Waals surface area contributed by atoms with Crippen LogP contribution in [0.25, 0.3) is 33.5 Å². The first-order valence-electron chi connectivity index (χ1n) is 44.8. The van der Waals surface area contributed by atoms with E-state index in [1.54, 1.807) is 13.8 Å². The van der Waals surface area contributed by atoms with E-state index in [0.717, 1.165) is 32.4 Å². The van der Waals surface area contributed by atoms with Crippen LogP contribution in [0, 0.1) is 20.8 Å². The molecule has 0 aliphatic carbocycles. The molecule has 10 unspecified atom stereocenters. The Labute approximate surface area is 849 Å². The second kappa shape index (κ2) is 48.7. The fourth-order valence-electron chi connectivity index (χ4n) is 16.9. The fraction of sp³-hybridized carbons (Fsp3) is 0.645. The molecule has 812 valence electrons. The monoisotopic (exact) mass is 2250 g/mol. The van der Waals surface area contributed by atoms with Crippen molar-refractivity contribution < 1.29 is 155 Å². The normalized spacial score (nSPS) is 29.0. The van der Waals surface area contributed by atoms with Gasteiger partial charge >= 0.3 is 51.8 Å². The molecule has 6 saturated heterocycles. The highest BCUT2D eigenvalue weighted by atomic mass is 32.7. The number of imidazole rings is 3. The molecular weight excluding hydrogens is 2140 g/mol. The number of fused-ring (bicyclic) bond motifs is 3. The van der Waals surface area contributed by atoms with Gasteiger partial charge in [0, 0.05) is 77.3 Å². The molecule has 6 aliphatic heterocycles. The van der Waals surface area contributed by atoms with E-state index in [1.807, 2.05) is 0 Å². The molecule has 15 rings (SSSR count). The molecule has 62 nitrogen and oxygen atoms in total. The molecular formula is C76H109N22O40P5S4. The number of aromatic amines is 4. The van der Waals surface area contributed by atoms with Gasteiger partial charge in [0.05, 0.1) is 130 Å². The Hall–Kier alpha value is -7.79. The number of aromatic nitrogens is 18. The van der Waals surface area contributed by atoms with Gasteiger partial charge in [0.1, 0.15) is 115 Å². The van der Waals surface area contributed by atoms with Gasteiger partial charge < -0.3 is 141 Å². The maximum Gasteiger partial charge on any atom is 0.472 e. The number of methoxy groups -OCH3 is 5. The molecule has 6 aliphatic rings. The summed E-state index contributed by atoms with van der Waals surface area (Å²) in [5, 5.41) is 11.8. The van der Waals surface area contributed by atoms with Crippen LogP contribution in [-0.2, 0) is 166 Å². The number of nitrogen functional groups attached to an aromatic ring is 4. The topological polar surface area (TPSA) is 795 Å². The smallest absolute Gasteiger partial charge is 0.387 e. The standard InChI is InChI=1S/C76H109N22O40P5S4/c1-10-37-38(21-44(128-37)96-31-84-46-61(96)87-72(79)89-65(46)102)134-140(109,144)125-28-43-52(57(122-20-15-117-9)71(133-43)98-33-85-47-62(98)88-73(80)90-66(47)103)138-142(111,146)126-27-41-49(54(119-17-12-114-6)70(132-41)97-32-83-45-59(78)81-30-82-60(45)97)135-139(107,108)123-26-40-50(55(120-18-13-115-7)68(130-40)94-23-35(3)63(100)91-75(94)105)136-143(112,147)127-29-42-51(56(121-19-14-116-8)69(131-42)95-24-36(4)64(101)92-76(95)106)137-141(110,145)124-25-39-48(99)53(118-16-11-113-5)67(129-39)93-22-34(2)58(77)86-74(93)104/h22-24,30-33,37-44,48-57,67-71,99H,10-21,25-29H2,1-9H3,(H,107,108)(H,109,144)(H,110,145)(H,111,146)(H,112,147)(H2,77,86,104)(H2,78,81,82)(H,91,100,105)(H,92,101,106)(H3,79,87,89,102)(H3,80,88,90,103)/t37-,38-,39-,40-,41-,42-,43-,44-,48+,49+,50+,51+,52+,53?,54?,55?,56?,57?,67-,68-,69-,70-,71-,140?,141?,142?,143?/m1/s1. The number of nitrogens with two attached hydrogens (primary N) is 4. The van der Waals surface area contributed by atoms with Crippen LogP contribution in [0.15, 0.2) is 77.5 Å². The maximum atomic E-state index is 15.6. The summed E-state index contributed by atoms with van der Waals surface area (Å²) in [7, 11) is 0.844. The molecule has 9 aromatic rings. The number of phosphoric ester groups is 1. The highest BCUT2D eigenvalue weighted by Crippen LogP contribution is 2.60. The molecule has 0 amide bonds. The summed E-state index contributed by atoms with van der Waals surface area (Å²) < 4.78 is 196. The van der Waals surface area contributed by atoms with Crippen molar-refractivity contribution in [2.45, 2.75) is 182 Å². The van der Waals surface area contributed by atoms with Gasteiger partial charge in [-0.3, -0.25) is 93.7 Å². The predicted octanol–water partition coefficient (Wildman–Crippen LogP) is -1.79. The van der Waals surface area contributed by atoms with Gasteiger partial charge in [0.25, 0.3) is 22.2 Å². The molecule has 0 radical (unpaired) electrons. The number of H-pyrrole nitrogens is 4. The summed E-state index contributed by atoms with van der Waals surface area (Å²) in [5.41, 5.74) is 18.0. The van der Waals surface area contributed by atoms with E-state index >= 15 is 9.13 Å². The summed E-state index contributed by atoms with van der Waals surface area (Å²) >= 11 is 21.6. The second-order valence-electron chi connectivity index (χ2n) is 33.6. The lowest BCUT2D eigenvalue weighted by atomic mass is 10.1. The number of aliphatic hydroxyl groups excluding tert-OH is 1. The fourth-order valence-corrected chi connectivity index (χ4v) is 23.7. The molecule has 0 spiro atoms. The number of thiol groups is 1. The van der Waals surface area contributed by atoms with Gasteiger partial charge in [-0.05, 0) is 62.6 Å². The van der Waals surface area contributed by atoms with Gasteiger partial charge in [-0.2, -0.15) is 15.0 Å². The Morgan fingerprint density at radius 1 is 0.408 bits per heavy atom. The van der Waals surface area contributed by atoms with E-state index < -0.39 is 255 Å². The van der Waals surface area contributed by atoms with Gasteiger partial charge in [0.15, 0.2) is 64.9 Å². The molecule has 71 heteroatoms. The van der Waals surface area contributed by atoms with E-state index in [-0.39, 0.29) is 134 Å². The van der Waals surface area contributed by atoms with Gasteiger partial charge in [0.2, 0.25) is 11.9 Å². The molecule has 17 N–H and O–H groups in total. The van der Waals surface area contributed by atoms with Crippen LogP contribution in [0.3, 0.4) is 0 Å². The first-order chi connectivity index (χ1) is 70.0. The van der Waals surface area contributed by atoms with Crippen molar-refractivity contribution >= 4 is 139 Å². The van der Waals surface area contributed by atoms with E-state index in [9.17, 15) is 58.2 Å². The quantitative estimate of drug-likeness (QED) is 0.0114. The second-order valence-corrected chi connectivity index (χ2v) is 46.2. The summed E-state index contributed by atoms with van der Waals surface area (Å²) in [6.45, 7) is -20.4. The van der Waals surface area contributed by atoms with Crippen LogP contribution in [-0.4, -0.2) is 350 Å². The predicted molar refractivity (Wildman–Crippen MR) is 517 cm³/mol. The van der Waals surface area contributed by atoms with Gasteiger partial charge in [-0.1, -0.05) is 19.2 Å². The van der Waals surface area contributed by atoms with Gasteiger partial charge in [-0.15, -0.1) is 0 Å². The highest BCUT2D eigenvalue weighted by Gasteiger charge is 2.59. The number of rotatable bonds is 52. The lowest BCUT2D eigenvalue weighted by molar-refractivity contribution is -0.0840. The number of hydrogen-bond acceptors (Lipinski definition) is 51. The molecule has 6 fully saturated rings. The van der Waals surface area contributed by atoms with Crippen molar-refractivity contribution in [3.8, 4) is 0 Å². The van der Waals surface area contributed by atoms with Crippen LogP contribution < -0.4 is 62.2 Å². The minimum Gasteiger partial charge on any atom is -0.387 e. The minimum atomic E-state index is -5.90. The Bertz CT molecular complexity index is 6850. The zero-order valence-corrected chi connectivity index (χ0v) is 87.2. The van der Waals surface area contributed by atoms with Crippen molar-refractivity contribution in [2.24, 2.45) is 0 Å². The third kappa shape index (κ3) is 26.5. The maximum absolute atomic E-state index is 15.6. The summed E-state index contributed by atoms with van der Waals surface area (Å²) in [6.07, 6.45) is -27.7. The SMILES string of the molecule is CC[C@H]1O[C@@H](n2cnc3c(=O)[nH]c(N)nc32)C[C@H]1OP(O)(=S)OC[C@H]1O[C@@H](n2cnc3c(=O)[nH]c(N)nc32)C(OCCOC)[C@H]1OP(O)(=S)OC[C@H]1O[C@@H](n2cnc3c(N)ncnc32)C(OCCOC)[C@H]1OP(=O)(O)OC[C@H]1O[C@@H](n2cc(C)c(=O)[nH]c2=O)C(OCCOC)[C@H]1OP(=O)(S)OC[C@H]1O[C@@H](n2cc(C)c(=O)[nH]c2=O)C(OCCOC)[C@H]1OP(O)(=S)OC[C@H]1O[C@@H](n2cc(C)c(N)nc2=O)C(OCCOC)[C@H]1O. The number of ether oxygens (including phenoxy) is 16. The Morgan fingerprint density at radius 2 is 0.789 bits per heavy atom. The Kier molecular flexibility index (Phi) is 37.5. The number of anilines is 4. The third-order valence-corrected chi connectivity index (χ3v) is 31.1. The number of aliphatic hydroxyl groups is 1. The zero-order valence-electron chi connectivity index (χ0n) is 79.3. The lowest BCUT2D eigenvalue weighted by Crippen LogP contribution is -2.42. The van der Waals surface area contributed by atoms with Crippen molar-refractivity contribution in [3.63, 3.8) is 0 Å². The molecule has 0 saturated carbocycles. The van der Waals surface area contributed by atoms with Crippen molar-refractivity contribution in [3.05, 3.63) is 133 Å². The molecule has 0 aromatic carbocycles. The van der Waals surface area contributed by atoms with E-state index in [1.165, 1.54) is 88.3 Å². The molecule has 15 heterocycles. The summed E-state index contributed by atoms with van der Waals surface area (Å²) in [4.78, 5) is 186. The van der Waals surface area contributed by atoms with Crippen LogP contribution in [0.4, 0.5) is 23.5 Å². The lowest BCUT2D eigenvalue weighted by Gasteiger charge is -2.30. The Balaban J connectivity index is 0.721. The molecule has 9 aromatic heterocycles. The highest BCUT2D eigenvalue weighted by molar-refractivity contribution is 8.44. The molecule has 147 heavy (non-hydrogen) atoms. The third-order valence-electron chi connectivity index (χ3n) is 23.8. The molecule has 0 bridgehead atoms. The van der Waals surface area contributed by atoms with E-state index in [0.29, 0.717) is 12.0 Å². The zero-order chi connectivity index (χ0) is 106. The van der Waals surface area contributed by atoms with Crippen LogP contribution >= 0.6 is 47.0 Å². The number of phosphoric acid groups is 1. The minimum absolute atomic E-state index is 0.00663. The number of hydrogen-bond donors (Lipinski definition) is 14. The number of nitrogens with one attached hydrogen (secondary N) is 4.